The number of likely N-dealkylation sites (tertiary alicyclic amines) is 1. The summed E-state index contributed by atoms with van der Waals surface area (Å²) >= 11 is 0. The molecular formula is C11H18FNO3. The van der Waals surface area contributed by atoms with E-state index >= 15 is 0 Å². The SMILES string of the molecule is CC(C)(C)OC(=O)N1CC2(C[C@@H](F)CO2)C1. The van der Waals surface area contributed by atoms with Crippen LogP contribution in [0.15, 0.2) is 0 Å². The summed E-state index contributed by atoms with van der Waals surface area (Å²) in [5, 5.41) is 0. The van der Waals surface area contributed by atoms with Gasteiger partial charge in [-0.05, 0) is 20.8 Å². The first kappa shape index (κ1) is 11.6. The fourth-order valence-electron chi connectivity index (χ4n) is 2.11. The molecule has 2 heterocycles. The van der Waals surface area contributed by atoms with Gasteiger partial charge in [0.05, 0.1) is 19.7 Å². The molecule has 16 heavy (non-hydrogen) atoms. The minimum absolute atomic E-state index is 0.155. The highest BCUT2D eigenvalue weighted by Gasteiger charge is 2.52. The molecule has 0 saturated carbocycles. The highest BCUT2D eigenvalue weighted by atomic mass is 19.1. The van der Waals surface area contributed by atoms with Gasteiger partial charge in [-0.15, -0.1) is 0 Å². The minimum Gasteiger partial charge on any atom is -0.444 e. The molecule has 1 atom stereocenters. The standard InChI is InChI=1S/C11H18FNO3/c1-10(2,3)16-9(14)13-6-11(7-13)4-8(12)5-15-11/h8H,4-7H2,1-3H3/t8-/m1/s1. The molecule has 0 bridgehead atoms. The molecule has 1 amide bonds. The van der Waals surface area contributed by atoms with Crippen molar-refractivity contribution in [3.8, 4) is 0 Å². The van der Waals surface area contributed by atoms with E-state index < -0.39 is 17.4 Å². The number of alkyl halides is 1. The number of halogens is 1. The number of nitrogens with zero attached hydrogens (tertiary/aromatic N) is 1. The lowest BCUT2D eigenvalue weighted by Gasteiger charge is -2.46. The van der Waals surface area contributed by atoms with Gasteiger partial charge in [0.2, 0.25) is 0 Å². The van der Waals surface area contributed by atoms with Gasteiger partial charge in [-0.25, -0.2) is 9.18 Å². The van der Waals surface area contributed by atoms with Gasteiger partial charge in [0, 0.05) is 6.42 Å². The number of hydrogen-bond acceptors (Lipinski definition) is 3. The number of carbonyl (C=O) groups excluding carboxylic acids is 1. The third-order valence-corrected chi connectivity index (χ3v) is 2.77. The van der Waals surface area contributed by atoms with Gasteiger partial charge in [-0.2, -0.15) is 0 Å². The van der Waals surface area contributed by atoms with E-state index in [2.05, 4.69) is 0 Å². The van der Waals surface area contributed by atoms with E-state index in [4.69, 9.17) is 9.47 Å². The van der Waals surface area contributed by atoms with Gasteiger partial charge < -0.3 is 14.4 Å². The molecule has 4 nitrogen and oxygen atoms in total. The maximum Gasteiger partial charge on any atom is 0.410 e. The Kier molecular flexibility index (Phi) is 2.61. The number of rotatable bonds is 0. The molecule has 2 aliphatic heterocycles. The predicted octanol–water partition coefficient (Wildman–Crippen LogP) is 1.73. The van der Waals surface area contributed by atoms with Gasteiger partial charge in [0.1, 0.15) is 17.4 Å². The lowest BCUT2D eigenvalue weighted by Crippen LogP contribution is -2.63. The van der Waals surface area contributed by atoms with E-state index in [-0.39, 0.29) is 12.7 Å². The van der Waals surface area contributed by atoms with E-state index in [0.717, 1.165) is 0 Å². The first-order chi connectivity index (χ1) is 7.30. The van der Waals surface area contributed by atoms with Crippen molar-refractivity contribution in [2.75, 3.05) is 19.7 Å². The summed E-state index contributed by atoms with van der Waals surface area (Å²) in [5.41, 5.74) is -0.921. The van der Waals surface area contributed by atoms with Crippen LogP contribution in [-0.4, -0.2) is 48.1 Å². The van der Waals surface area contributed by atoms with E-state index in [9.17, 15) is 9.18 Å². The Morgan fingerprint density at radius 2 is 2.12 bits per heavy atom. The second-order valence-electron chi connectivity index (χ2n) is 5.63. The van der Waals surface area contributed by atoms with Gasteiger partial charge in [-0.1, -0.05) is 0 Å². The molecule has 2 rings (SSSR count). The molecule has 0 radical (unpaired) electrons. The summed E-state index contributed by atoms with van der Waals surface area (Å²) in [6, 6.07) is 0. The van der Waals surface area contributed by atoms with Crippen LogP contribution in [0.5, 0.6) is 0 Å². The summed E-state index contributed by atoms with van der Waals surface area (Å²) < 4.78 is 23.6. The van der Waals surface area contributed by atoms with Crippen molar-refractivity contribution < 1.29 is 18.7 Å². The lowest BCUT2D eigenvalue weighted by molar-refractivity contribution is -0.109. The number of hydrogen-bond donors (Lipinski definition) is 0. The first-order valence-electron chi connectivity index (χ1n) is 5.56. The van der Waals surface area contributed by atoms with Gasteiger partial charge in [-0.3, -0.25) is 0 Å². The second-order valence-corrected chi connectivity index (χ2v) is 5.63. The quantitative estimate of drug-likeness (QED) is 0.637. The molecule has 2 aliphatic rings. The molecule has 0 aromatic heterocycles. The van der Waals surface area contributed by atoms with Crippen LogP contribution in [0.1, 0.15) is 27.2 Å². The zero-order valence-corrected chi connectivity index (χ0v) is 9.96. The Morgan fingerprint density at radius 3 is 2.56 bits per heavy atom. The number of ether oxygens (including phenoxy) is 2. The lowest BCUT2D eigenvalue weighted by atomic mass is 9.91. The largest absolute Gasteiger partial charge is 0.444 e. The van der Waals surface area contributed by atoms with Crippen molar-refractivity contribution in [3.05, 3.63) is 0 Å². The number of amides is 1. The van der Waals surface area contributed by atoms with Crippen molar-refractivity contribution in [1.82, 2.24) is 4.90 Å². The minimum atomic E-state index is -0.888. The predicted molar refractivity (Wildman–Crippen MR) is 56.0 cm³/mol. The van der Waals surface area contributed by atoms with Gasteiger partial charge in [0.15, 0.2) is 0 Å². The first-order valence-corrected chi connectivity index (χ1v) is 5.56. The molecule has 0 aromatic rings. The summed E-state index contributed by atoms with van der Waals surface area (Å²) in [5.74, 6) is 0. The molecule has 5 heteroatoms. The Balaban J connectivity index is 1.82. The van der Waals surface area contributed by atoms with Crippen LogP contribution >= 0.6 is 0 Å². The molecule has 0 aromatic carbocycles. The van der Waals surface area contributed by atoms with Crippen LogP contribution in [0.2, 0.25) is 0 Å². The smallest absolute Gasteiger partial charge is 0.410 e. The number of carbonyl (C=O) groups is 1. The topological polar surface area (TPSA) is 38.8 Å². The third-order valence-electron chi connectivity index (χ3n) is 2.77. The molecule has 0 aliphatic carbocycles. The monoisotopic (exact) mass is 231 g/mol. The van der Waals surface area contributed by atoms with Crippen LogP contribution in [0, 0.1) is 0 Å². The Hall–Kier alpha value is -0.840. The zero-order chi connectivity index (χ0) is 12.0. The maximum atomic E-state index is 13.0. The van der Waals surface area contributed by atoms with Crippen LogP contribution in [-0.2, 0) is 9.47 Å². The van der Waals surface area contributed by atoms with Crippen molar-refractivity contribution in [2.45, 2.75) is 44.6 Å². The average molecular weight is 231 g/mol. The third kappa shape index (κ3) is 2.29. The summed E-state index contributed by atoms with van der Waals surface area (Å²) in [6.07, 6.45) is -0.837. The summed E-state index contributed by atoms with van der Waals surface area (Å²) in [7, 11) is 0. The van der Waals surface area contributed by atoms with E-state index in [1.165, 1.54) is 0 Å². The Labute approximate surface area is 94.7 Å². The van der Waals surface area contributed by atoms with Crippen molar-refractivity contribution >= 4 is 6.09 Å². The van der Waals surface area contributed by atoms with Crippen molar-refractivity contribution in [1.29, 1.82) is 0 Å². The van der Waals surface area contributed by atoms with E-state index in [1.807, 2.05) is 20.8 Å². The zero-order valence-electron chi connectivity index (χ0n) is 9.96. The second kappa shape index (κ2) is 3.58. The van der Waals surface area contributed by atoms with Gasteiger partial charge >= 0.3 is 6.09 Å². The summed E-state index contributed by atoms with van der Waals surface area (Å²) in [6.45, 7) is 6.52. The molecule has 92 valence electrons. The average Bonchev–Trinajstić information content (AvgIpc) is 2.41. The molecule has 0 N–H and O–H groups in total. The Bertz CT molecular complexity index is 294. The molecular weight excluding hydrogens is 213 g/mol. The molecule has 0 unspecified atom stereocenters. The maximum absolute atomic E-state index is 13.0. The molecule has 2 saturated heterocycles. The van der Waals surface area contributed by atoms with Crippen LogP contribution in [0.3, 0.4) is 0 Å². The van der Waals surface area contributed by atoms with Crippen LogP contribution < -0.4 is 0 Å². The Morgan fingerprint density at radius 1 is 1.50 bits per heavy atom. The van der Waals surface area contributed by atoms with Gasteiger partial charge in [0.25, 0.3) is 0 Å². The van der Waals surface area contributed by atoms with Crippen molar-refractivity contribution in [2.24, 2.45) is 0 Å². The fourth-order valence-corrected chi connectivity index (χ4v) is 2.11. The summed E-state index contributed by atoms with van der Waals surface area (Å²) in [4.78, 5) is 13.2. The van der Waals surface area contributed by atoms with Crippen LogP contribution in [0.4, 0.5) is 9.18 Å². The van der Waals surface area contributed by atoms with Crippen molar-refractivity contribution in [3.63, 3.8) is 0 Å². The molecule has 1 spiro atoms. The normalized spacial score (nSPS) is 28.0. The molecule has 2 fully saturated rings. The fraction of sp³-hybridized carbons (Fsp3) is 0.909. The van der Waals surface area contributed by atoms with Crippen LogP contribution in [0.25, 0.3) is 0 Å². The van der Waals surface area contributed by atoms with E-state index in [0.29, 0.717) is 19.5 Å². The van der Waals surface area contributed by atoms with E-state index in [1.54, 1.807) is 4.90 Å². The highest BCUT2D eigenvalue weighted by molar-refractivity contribution is 5.69. The highest BCUT2D eigenvalue weighted by Crippen LogP contribution is 2.36.